The van der Waals surface area contributed by atoms with E-state index in [-0.39, 0.29) is 45.3 Å². The van der Waals surface area contributed by atoms with Crippen molar-refractivity contribution in [1.82, 2.24) is 9.95 Å². The van der Waals surface area contributed by atoms with Crippen molar-refractivity contribution in [3.05, 3.63) is 48.5 Å². The Morgan fingerprint density at radius 1 is 0.800 bits per heavy atom. The Morgan fingerprint density at radius 2 is 1.25 bits per heavy atom. The van der Waals surface area contributed by atoms with E-state index in [0.29, 0.717) is 0 Å². The highest BCUT2D eigenvalue weighted by molar-refractivity contribution is 5.98. The molecule has 2 heterocycles. The third kappa shape index (κ3) is 1.36. The summed E-state index contributed by atoms with van der Waals surface area (Å²) < 4.78 is 32.1. The molecule has 0 saturated heterocycles. The Bertz CT molecular complexity index is 1040. The van der Waals surface area contributed by atoms with Crippen LogP contribution in [0.15, 0.2) is 48.5 Å². The maximum atomic E-state index is 12.7. The first-order chi connectivity index (χ1) is 11.4. The zero-order valence-corrected chi connectivity index (χ0v) is 10.2. The Morgan fingerprint density at radius 3 is 1.65 bits per heavy atom. The van der Waals surface area contributed by atoms with Crippen LogP contribution in [0.1, 0.15) is 2.74 Å². The van der Waals surface area contributed by atoms with Crippen LogP contribution in [0.3, 0.4) is 0 Å². The van der Waals surface area contributed by atoms with Crippen molar-refractivity contribution in [3.63, 3.8) is 0 Å². The number of aromatic nitrogens is 2. The Kier molecular flexibility index (Phi) is 1.45. The van der Waals surface area contributed by atoms with Gasteiger partial charge < -0.3 is 20.2 Å². The van der Waals surface area contributed by atoms with Crippen molar-refractivity contribution < 1.29 is 15.8 Å². The van der Waals surface area contributed by atoms with Crippen LogP contribution in [0.5, 0.6) is 11.5 Å². The molecule has 4 rings (SSSR count). The summed E-state index contributed by atoms with van der Waals surface area (Å²) in [5.41, 5.74) is -0.345. The molecule has 0 aliphatic rings. The molecule has 2 aromatic carbocycles. The molecule has 0 saturated carbocycles. The van der Waals surface area contributed by atoms with E-state index in [4.69, 9.17) is 5.57 Å². The second kappa shape index (κ2) is 3.81. The summed E-state index contributed by atoms with van der Waals surface area (Å²) in [6, 6.07) is 8.93. The fourth-order valence-corrected chi connectivity index (χ4v) is 2.31. The van der Waals surface area contributed by atoms with E-state index in [1.54, 1.807) is 0 Å². The summed E-state index contributed by atoms with van der Waals surface area (Å²) in [5, 5.41) is 25.6. The maximum Gasteiger partial charge on any atom is 0.167 e. The molecule has 0 aliphatic heterocycles. The fraction of sp³-hybridized carbons (Fsp3) is 0. The largest absolute Gasteiger partial charge is 0.871 e. The predicted octanol–water partition coefficient (Wildman–Crippen LogP) is 2.46. The van der Waals surface area contributed by atoms with Crippen molar-refractivity contribution in [2.75, 3.05) is 0 Å². The third-order valence-corrected chi connectivity index (χ3v) is 3.26. The van der Waals surface area contributed by atoms with Gasteiger partial charge in [0.05, 0.1) is 14.1 Å². The van der Waals surface area contributed by atoms with Gasteiger partial charge in [0.25, 0.3) is 0 Å². The number of hydrogen-bond donors (Lipinski definition) is 2. The third-order valence-electron chi connectivity index (χ3n) is 3.26. The molecule has 0 spiro atoms. The lowest BCUT2D eigenvalue weighted by atomic mass is 10.2. The van der Waals surface area contributed by atoms with E-state index in [1.165, 1.54) is 36.4 Å². The quantitative estimate of drug-likeness (QED) is 0.555. The summed E-state index contributed by atoms with van der Waals surface area (Å²) >= 11 is 0. The molecule has 2 aromatic heterocycles. The number of para-hydroxylation sites is 2. The van der Waals surface area contributed by atoms with Gasteiger partial charge in [-0.3, -0.25) is 0 Å². The van der Waals surface area contributed by atoms with Crippen LogP contribution in [0.4, 0.5) is 0 Å². The molecule has 0 fully saturated rings. The molecule has 20 heavy (non-hydrogen) atoms. The first kappa shape index (κ1) is 7.65. The van der Waals surface area contributed by atoms with Gasteiger partial charge in [0, 0.05) is 11.0 Å². The number of benzene rings is 2. The Balaban J connectivity index is 2.19. The highest BCUT2D eigenvalue weighted by atomic mass is 16.3. The Hall–Kier alpha value is -2.88. The standard InChI is InChI=1S/C16H12N2O2/c19-15-9-5-1-3-7-11(9)17-13(15)14-16(20)10-6-2-4-8-12(10)18-14/h1-8,17-20H/p-2/i7D,8D/hD2. The van der Waals surface area contributed by atoms with Crippen LogP contribution in [0, 0.1) is 0 Å². The van der Waals surface area contributed by atoms with Crippen LogP contribution in [-0.4, -0.2) is 9.95 Å². The molecular weight excluding hydrogens is 252 g/mol. The topological polar surface area (TPSA) is 77.7 Å². The normalized spacial score (nSPS) is 14.2. The maximum absolute atomic E-state index is 12.7. The smallest absolute Gasteiger partial charge is 0.167 e. The summed E-state index contributed by atoms with van der Waals surface area (Å²) in [6.45, 7) is 0. The van der Waals surface area contributed by atoms with Gasteiger partial charge in [0.2, 0.25) is 0 Å². The molecule has 4 aromatic rings. The molecule has 2 N–H and O–H groups in total. The summed E-state index contributed by atoms with van der Waals surface area (Å²) in [6.07, 6.45) is 0. The Labute approximate surface area is 120 Å². The summed E-state index contributed by atoms with van der Waals surface area (Å²) in [4.78, 5) is 1.48. The molecule has 0 radical (unpaired) electrons. The van der Waals surface area contributed by atoms with Crippen molar-refractivity contribution in [2.45, 2.75) is 0 Å². The number of hydrogen-bond acceptors (Lipinski definition) is 2. The second-order valence-electron chi connectivity index (χ2n) is 4.44. The van der Waals surface area contributed by atoms with E-state index >= 15 is 0 Å². The molecule has 0 bridgehead atoms. The lowest BCUT2D eigenvalue weighted by Gasteiger charge is -2.11. The van der Waals surface area contributed by atoms with Gasteiger partial charge in [0.1, 0.15) is 0 Å². The summed E-state index contributed by atoms with van der Waals surface area (Å²) in [5.74, 6) is -1.15. The average molecular weight is 266 g/mol. The minimum atomic E-state index is -0.575. The van der Waals surface area contributed by atoms with Gasteiger partial charge in [-0.15, -0.1) is 0 Å². The van der Waals surface area contributed by atoms with Crippen molar-refractivity contribution >= 4 is 21.8 Å². The zero-order chi connectivity index (χ0) is 17.2. The molecule has 98 valence electrons. The highest BCUT2D eigenvalue weighted by Crippen LogP contribution is 2.39. The average Bonchev–Trinajstić information content (AvgIpc) is 2.94. The molecule has 0 atom stereocenters. The number of rotatable bonds is 1. The van der Waals surface area contributed by atoms with Crippen molar-refractivity contribution in [2.24, 2.45) is 0 Å². The van der Waals surface area contributed by atoms with Crippen LogP contribution < -0.4 is 10.2 Å². The van der Waals surface area contributed by atoms with Gasteiger partial charge in [-0.25, -0.2) is 0 Å². The molecule has 0 aliphatic carbocycles. The number of aromatic amines is 2. The van der Waals surface area contributed by atoms with E-state index in [0.717, 1.165) is 9.95 Å². The first-order valence-electron chi connectivity index (χ1n) is 7.94. The van der Waals surface area contributed by atoms with Crippen molar-refractivity contribution in [3.8, 4) is 22.9 Å². The lowest BCUT2D eigenvalue weighted by molar-refractivity contribution is -0.268. The fourth-order valence-electron chi connectivity index (χ4n) is 2.31. The minimum Gasteiger partial charge on any atom is -0.871 e. The van der Waals surface area contributed by atoms with E-state index in [9.17, 15) is 10.2 Å². The monoisotopic (exact) mass is 266 g/mol. The zero-order valence-electron chi connectivity index (χ0n) is 14.2. The van der Waals surface area contributed by atoms with Crippen LogP contribution in [0.25, 0.3) is 33.2 Å². The number of H-pyrrole nitrogens is 2. The molecule has 0 amide bonds. The second-order valence-corrected chi connectivity index (χ2v) is 4.44. The summed E-state index contributed by atoms with van der Waals surface area (Å²) in [7, 11) is 0. The lowest BCUT2D eigenvalue weighted by Crippen LogP contribution is -1.95. The van der Waals surface area contributed by atoms with Gasteiger partial charge in [0.15, 0.2) is 2.82 Å². The SMILES string of the molecule is [2H]c1cccc2c([O-])c(-c3c([O-])c4cccc([2H])c4n3[2H])n([2H])c12. The molecule has 4 heteroatoms. The molecule has 0 unspecified atom stereocenters. The van der Waals surface area contributed by atoms with Gasteiger partial charge in [-0.2, -0.15) is 0 Å². The van der Waals surface area contributed by atoms with Crippen LogP contribution in [0.2, 0.25) is 2.82 Å². The first-order valence-corrected chi connectivity index (χ1v) is 6.04. The van der Waals surface area contributed by atoms with Gasteiger partial charge >= 0.3 is 0 Å². The molecular formula is C16H10N2O2-2. The number of nitrogens with one attached hydrogen (secondary N) is 2. The number of fused-ring (bicyclic) bond motifs is 2. The van der Waals surface area contributed by atoms with E-state index in [1.807, 2.05) is 0 Å². The van der Waals surface area contributed by atoms with Gasteiger partial charge in [-0.1, -0.05) is 47.9 Å². The van der Waals surface area contributed by atoms with Crippen molar-refractivity contribution in [1.29, 1.82) is 0 Å². The molecule has 4 nitrogen and oxygen atoms in total. The minimum absolute atomic E-state index is 0.00730. The highest BCUT2D eigenvalue weighted by Gasteiger charge is 2.10. The van der Waals surface area contributed by atoms with Crippen LogP contribution >= 0.6 is 0 Å². The van der Waals surface area contributed by atoms with E-state index in [2.05, 4.69) is 0 Å². The van der Waals surface area contributed by atoms with E-state index < -0.39 is 11.5 Å². The predicted molar refractivity (Wildman–Crippen MR) is 74.5 cm³/mol. The van der Waals surface area contributed by atoms with Gasteiger partial charge in [-0.05, 0) is 22.9 Å². The van der Waals surface area contributed by atoms with Crippen LogP contribution in [-0.2, 0) is 0 Å².